The van der Waals surface area contributed by atoms with E-state index < -0.39 is 63.0 Å². The van der Waals surface area contributed by atoms with Gasteiger partial charge < -0.3 is 10.1 Å². The van der Waals surface area contributed by atoms with Gasteiger partial charge in [-0.25, -0.2) is 13.2 Å². The van der Waals surface area contributed by atoms with Crippen LogP contribution in [0.4, 0.5) is 30.2 Å². The van der Waals surface area contributed by atoms with Gasteiger partial charge in [-0.2, -0.15) is 0 Å². The van der Waals surface area contributed by atoms with E-state index in [0.29, 0.717) is 11.0 Å². The molecular weight excluding hydrogens is 464 g/mol. The number of fused-ring (bicyclic) bond motifs is 1. The Morgan fingerprint density at radius 1 is 1.19 bits per heavy atom. The van der Waals surface area contributed by atoms with Crippen LogP contribution in [0.1, 0.15) is 17.3 Å². The van der Waals surface area contributed by atoms with Crippen LogP contribution in [-0.2, 0) is 19.1 Å². The lowest BCUT2D eigenvalue weighted by atomic mass is 9.89. The smallest absolute Gasteiger partial charge is 0.326 e. The number of hydrogen-bond acceptors (Lipinski definition) is 5. The second kappa shape index (κ2) is 8.56. The minimum absolute atomic E-state index is 0.147. The first-order chi connectivity index (χ1) is 14.6. The van der Waals surface area contributed by atoms with Crippen molar-refractivity contribution in [1.82, 2.24) is 0 Å². The fourth-order valence-corrected chi connectivity index (χ4v) is 3.54. The molecule has 0 fully saturated rings. The van der Waals surface area contributed by atoms with Gasteiger partial charge in [-0.3, -0.25) is 24.1 Å². The Kier molecular flexibility index (Phi) is 6.23. The van der Waals surface area contributed by atoms with Gasteiger partial charge in [0.25, 0.3) is 5.91 Å². The molecule has 1 aliphatic rings. The molecule has 12 heteroatoms. The molecule has 1 atom stereocenters. The van der Waals surface area contributed by atoms with Crippen molar-refractivity contribution in [2.24, 2.45) is 5.92 Å². The van der Waals surface area contributed by atoms with Gasteiger partial charge in [0, 0.05) is 5.56 Å². The number of benzene rings is 2. The molecule has 0 spiro atoms. The number of ether oxygens (including phenoxy) is 1. The Hall–Kier alpha value is -3.11. The predicted molar refractivity (Wildman–Crippen MR) is 104 cm³/mol. The average molecular weight is 475 g/mol. The molecule has 1 aliphatic heterocycles. The maximum Gasteiger partial charge on any atom is 0.326 e. The van der Waals surface area contributed by atoms with E-state index in [0.717, 1.165) is 12.1 Å². The monoisotopic (exact) mass is 474 g/mol. The molecule has 7 nitrogen and oxygen atoms in total. The fourth-order valence-electron chi connectivity index (χ4n) is 3.05. The van der Waals surface area contributed by atoms with E-state index in [1.54, 1.807) is 0 Å². The highest BCUT2D eigenvalue weighted by Crippen LogP contribution is 2.45. The van der Waals surface area contributed by atoms with Crippen LogP contribution in [-0.4, -0.2) is 30.7 Å². The largest absolute Gasteiger partial charge is 0.465 e. The standard InChI is InChI=1S/C19H11Cl2F3N2O5/c1-2-31-19(30)13-17(28)7-3-10(23)15(24)14(21)16(7)26(18(13)29)12-5-11(25-6-27)8(20)4-9(12)22/h3-6,13H,2H2,1H3,(H,25,27). The van der Waals surface area contributed by atoms with Crippen molar-refractivity contribution in [2.45, 2.75) is 6.92 Å². The van der Waals surface area contributed by atoms with Gasteiger partial charge in [-0.15, -0.1) is 0 Å². The quantitative estimate of drug-likeness (QED) is 0.305. The summed E-state index contributed by atoms with van der Waals surface area (Å²) in [6.45, 7) is 1.23. The third-order valence-electron chi connectivity index (χ3n) is 4.37. The number of carbonyl (C=O) groups excluding carboxylic acids is 4. The van der Waals surface area contributed by atoms with Crippen LogP contribution < -0.4 is 10.2 Å². The molecule has 0 saturated heterocycles. The van der Waals surface area contributed by atoms with Crippen molar-refractivity contribution in [3.63, 3.8) is 0 Å². The lowest BCUT2D eigenvalue weighted by Crippen LogP contribution is -2.47. The number of hydrogen-bond donors (Lipinski definition) is 1. The summed E-state index contributed by atoms with van der Waals surface area (Å²) >= 11 is 11.7. The summed E-state index contributed by atoms with van der Waals surface area (Å²) in [5.41, 5.74) is -2.09. The molecule has 162 valence electrons. The van der Waals surface area contributed by atoms with Gasteiger partial charge in [-0.05, 0) is 25.1 Å². The summed E-state index contributed by atoms with van der Waals surface area (Å²) in [5.74, 6) is -10.2. The molecule has 3 rings (SSSR count). The first-order valence-electron chi connectivity index (χ1n) is 8.55. The van der Waals surface area contributed by atoms with E-state index in [1.807, 2.05) is 0 Å². The predicted octanol–water partition coefficient (Wildman–Crippen LogP) is 4.02. The lowest BCUT2D eigenvalue weighted by Gasteiger charge is -2.33. The highest BCUT2D eigenvalue weighted by Gasteiger charge is 2.48. The zero-order valence-electron chi connectivity index (χ0n) is 15.5. The molecule has 1 N–H and O–H groups in total. The molecule has 2 aromatic rings. The van der Waals surface area contributed by atoms with E-state index in [4.69, 9.17) is 27.9 Å². The number of anilines is 3. The number of Topliss-reactive ketones (excluding diaryl/α,β-unsaturated/α-hetero) is 1. The molecule has 2 amide bonds. The molecule has 0 bridgehead atoms. The Balaban J connectivity index is 2.35. The normalized spacial score (nSPS) is 15.5. The fraction of sp³-hybridized carbons (Fsp3) is 0.158. The summed E-state index contributed by atoms with van der Waals surface area (Å²) in [6, 6.07) is 2.09. The van der Waals surface area contributed by atoms with Crippen molar-refractivity contribution in [3.8, 4) is 0 Å². The third-order valence-corrected chi connectivity index (χ3v) is 5.03. The number of nitrogens with one attached hydrogen (secondary N) is 1. The number of carbonyl (C=O) groups is 4. The summed E-state index contributed by atoms with van der Waals surface area (Å²) < 4.78 is 47.7. The topological polar surface area (TPSA) is 92.8 Å². The molecular formula is C19H11Cl2F3N2O5. The Labute approximate surface area is 182 Å². The van der Waals surface area contributed by atoms with Gasteiger partial charge in [-0.1, -0.05) is 23.2 Å². The summed E-state index contributed by atoms with van der Waals surface area (Å²) in [7, 11) is 0. The number of esters is 1. The van der Waals surface area contributed by atoms with Crippen LogP contribution in [0.3, 0.4) is 0 Å². The zero-order chi connectivity index (χ0) is 23.0. The molecule has 0 saturated carbocycles. The molecule has 2 aromatic carbocycles. The Morgan fingerprint density at radius 2 is 1.87 bits per heavy atom. The van der Waals surface area contributed by atoms with Crippen LogP contribution in [0.5, 0.6) is 0 Å². The second-order valence-corrected chi connectivity index (χ2v) is 6.94. The van der Waals surface area contributed by atoms with Crippen molar-refractivity contribution in [3.05, 3.63) is 51.3 Å². The van der Waals surface area contributed by atoms with Crippen LogP contribution >= 0.6 is 23.2 Å². The SMILES string of the molecule is CCOC(=O)C1C(=O)c2cc(F)c(F)c(Cl)c2N(c2cc(NC=O)c(Cl)cc2F)C1=O. The third kappa shape index (κ3) is 3.72. The molecule has 0 radical (unpaired) electrons. The van der Waals surface area contributed by atoms with Crippen molar-refractivity contribution in [1.29, 1.82) is 0 Å². The van der Waals surface area contributed by atoms with Gasteiger partial charge >= 0.3 is 5.97 Å². The van der Waals surface area contributed by atoms with Gasteiger partial charge in [0.15, 0.2) is 23.3 Å². The molecule has 1 unspecified atom stereocenters. The maximum absolute atomic E-state index is 14.8. The molecule has 0 aromatic heterocycles. The van der Waals surface area contributed by atoms with E-state index in [2.05, 4.69) is 5.32 Å². The number of ketones is 1. The molecule has 1 heterocycles. The van der Waals surface area contributed by atoms with E-state index in [-0.39, 0.29) is 23.7 Å². The van der Waals surface area contributed by atoms with Crippen LogP contribution in [0.2, 0.25) is 10.0 Å². The number of rotatable bonds is 5. The van der Waals surface area contributed by atoms with E-state index >= 15 is 0 Å². The van der Waals surface area contributed by atoms with Crippen molar-refractivity contribution in [2.75, 3.05) is 16.8 Å². The second-order valence-electron chi connectivity index (χ2n) is 6.15. The van der Waals surface area contributed by atoms with E-state index in [1.165, 1.54) is 6.92 Å². The minimum Gasteiger partial charge on any atom is -0.465 e. The van der Waals surface area contributed by atoms with Gasteiger partial charge in [0.2, 0.25) is 6.41 Å². The molecule has 0 aliphatic carbocycles. The Bertz CT molecular complexity index is 1140. The van der Waals surface area contributed by atoms with Crippen molar-refractivity contribution >= 4 is 64.3 Å². The van der Waals surface area contributed by atoms with Crippen LogP contribution in [0.25, 0.3) is 0 Å². The highest BCUT2D eigenvalue weighted by atomic mass is 35.5. The highest BCUT2D eigenvalue weighted by molar-refractivity contribution is 6.40. The summed E-state index contributed by atoms with van der Waals surface area (Å²) in [5, 5.41) is 0.946. The first-order valence-corrected chi connectivity index (χ1v) is 9.31. The summed E-state index contributed by atoms with van der Waals surface area (Å²) in [6.07, 6.45) is 0.224. The van der Waals surface area contributed by atoms with Crippen LogP contribution in [0.15, 0.2) is 18.2 Å². The van der Waals surface area contributed by atoms with Crippen LogP contribution in [0, 0.1) is 23.4 Å². The number of amides is 2. The number of halogens is 5. The zero-order valence-corrected chi connectivity index (χ0v) is 17.0. The molecule has 31 heavy (non-hydrogen) atoms. The first kappa shape index (κ1) is 22.6. The average Bonchev–Trinajstić information content (AvgIpc) is 2.70. The summed E-state index contributed by atoms with van der Waals surface area (Å²) in [4.78, 5) is 49.4. The lowest BCUT2D eigenvalue weighted by molar-refractivity contribution is -0.149. The Morgan fingerprint density at radius 3 is 2.48 bits per heavy atom. The van der Waals surface area contributed by atoms with E-state index in [9.17, 15) is 32.3 Å². The minimum atomic E-state index is -2.12. The van der Waals surface area contributed by atoms with Gasteiger partial charge in [0.05, 0.1) is 28.7 Å². The number of nitrogens with zero attached hydrogens (tertiary/aromatic N) is 1. The maximum atomic E-state index is 14.8. The van der Waals surface area contributed by atoms with Crippen molar-refractivity contribution < 1.29 is 37.1 Å². The van der Waals surface area contributed by atoms with Gasteiger partial charge in [0.1, 0.15) is 10.8 Å².